The molecule has 152 valence electrons. The van der Waals surface area contributed by atoms with Crippen molar-refractivity contribution in [1.82, 2.24) is 4.98 Å². The topological polar surface area (TPSA) is 42.4 Å². The van der Waals surface area contributed by atoms with E-state index in [0.717, 1.165) is 27.1 Å². The van der Waals surface area contributed by atoms with Gasteiger partial charge in [0.15, 0.2) is 5.13 Å². The SMILES string of the molecule is Cc1ccc(Cl)c2sc(N(Cc3ccccc3)C(=O)CCOc3ccccc3)nc12. The molecule has 0 fully saturated rings. The number of rotatable bonds is 7. The second kappa shape index (κ2) is 9.28. The van der Waals surface area contributed by atoms with Crippen LogP contribution in [0.1, 0.15) is 17.5 Å². The van der Waals surface area contributed by atoms with Crippen molar-refractivity contribution in [2.24, 2.45) is 0 Å². The lowest BCUT2D eigenvalue weighted by Crippen LogP contribution is -2.31. The minimum absolute atomic E-state index is 0.0392. The summed E-state index contributed by atoms with van der Waals surface area (Å²) in [4.78, 5) is 19.6. The number of aryl methyl sites for hydroxylation is 1. The van der Waals surface area contributed by atoms with Crippen LogP contribution in [0.4, 0.5) is 5.13 Å². The molecule has 0 bridgehead atoms. The lowest BCUT2D eigenvalue weighted by molar-refractivity contribution is -0.119. The molecule has 1 amide bonds. The van der Waals surface area contributed by atoms with E-state index in [-0.39, 0.29) is 12.3 Å². The summed E-state index contributed by atoms with van der Waals surface area (Å²) in [5.74, 6) is 0.713. The van der Waals surface area contributed by atoms with Gasteiger partial charge in [-0.05, 0) is 36.2 Å². The number of halogens is 1. The lowest BCUT2D eigenvalue weighted by atomic mass is 10.2. The van der Waals surface area contributed by atoms with Crippen molar-refractivity contribution in [3.8, 4) is 5.75 Å². The number of benzene rings is 3. The van der Waals surface area contributed by atoms with Gasteiger partial charge in [0.2, 0.25) is 5.91 Å². The van der Waals surface area contributed by atoms with Crippen LogP contribution in [0.5, 0.6) is 5.75 Å². The molecule has 0 saturated carbocycles. The van der Waals surface area contributed by atoms with Crippen LogP contribution in [0.2, 0.25) is 5.02 Å². The van der Waals surface area contributed by atoms with Crippen molar-refractivity contribution in [1.29, 1.82) is 0 Å². The molecule has 0 atom stereocenters. The van der Waals surface area contributed by atoms with Crippen LogP contribution in [0.15, 0.2) is 72.8 Å². The van der Waals surface area contributed by atoms with Crippen molar-refractivity contribution in [2.75, 3.05) is 11.5 Å². The fourth-order valence-corrected chi connectivity index (χ4v) is 4.48. The van der Waals surface area contributed by atoms with Crippen LogP contribution < -0.4 is 9.64 Å². The summed E-state index contributed by atoms with van der Waals surface area (Å²) in [7, 11) is 0. The number of carbonyl (C=O) groups excluding carboxylic acids is 1. The van der Waals surface area contributed by atoms with Gasteiger partial charge in [-0.1, -0.05) is 77.5 Å². The first-order chi connectivity index (χ1) is 14.6. The third kappa shape index (κ3) is 4.64. The number of para-hydroxylation sites is 1. The van der Waals surface area contributed by atoms with E-state index in [9.17, 15) is 4.79 Å². The van der Waals surface area contributed by atoms with E-state index in [0.29, 0.717) is 23.3 Å². The number of carbonyl (C=O) groups is 1. The van der Waals surface area contributed by atoms with E-state index < -0.39 is 0 Å². The second-order valence-corrected chi connectivity index (χ2v) is 8.30. The molecule has 4 rings (SSSR count). The Morgan fingerprint density at radius 3 is 2.43 bits per heavy atom. The molecule has 0 saturated heterocycles. The van der Waals surface area contributed by atoms with Crippen molar-refractivity contribution in [2.45, 2.75) is 19.9 Å². The lowest BCUT2D eigenvalue weighted by Gasteiger charge is -2.20. The maximum atomic E-state index is 13.2. The normalized spacial score (nSPS) is 10.9. The maximum absolute atomic E-state index is 13.2. The van der Waals surface area contributed by atoms with Crippen LogP contribution in [0.3, 0.4) is 0 Å². The summed E-state index contributed by atoms with van der Waals surface area (Å²) in [5, 5.41) is 1.30. The Labute approximate surface area is 184 Å². The zero-order valence-electron chi connectivity index (χ0n) is 16.5. The predicted octanol–water partition coefficient (Wildman–Crippen LogP) is 6.26. The van der Waals surface area contributed by atoms with Crippen molar-refractivity contribution >= 4 is 44.2 Å². The first-order valence-corrected chi connectivity index (χ1v) is 10.9. The highest BCUT2D eigenvalue weighted by atomic mass is 35.5. The summed E-state index contributed by atoms with van der Waals surface area (Å²) in [6.45, 7) is 2.75. The molecular weight excluding hydrogens is 416 g/mol. The van der Waals surface area contributed by atoms with E-state index in [4.69, 9.17) is 21.3 Å². The second-order valence-electron chi connectivity index (χ2n) is 6.92. The standard InChI is InChI=1S/C24H21ClN2O2S/c1-17-12-13-20(25)23-22(17)26-24(30-23)27(16-18-8-4-2-5-9-18)21(28)14-15-29-19-10-6-3-7-11-19/h2-13H,14-16H2,1H3. The van der Waals surface area contributed by atoms with Gasteiger partial charge in [-0.3, -0.25) is 9.69 Å². The molecule has 0 aliphatic carbocycles. The highest BCUT2D eigenvalue weighted by Crippen LogP contribution is 2.36. The van der Waals surface area contributed by atoms with Gasteiger partial charge in [0.1, 0.15) is 5.75 Å². The van der Waals surface area contributed by atoms with E-state index in [2.05, 4.69) is 0 Å². The first kappa shape index (κ1) is 20.4. The minimum Gasteiger partial charge on any atom is -0.493 e. The molecule has 4 aromatic rings. The van der Waals surface area contributed by atoms with Gasteiger partial charge in [-0.2, -0.15) is 0 Å². The number of nitrogens with zero attached hydrogens (tertiary/aromatic N) is 2. The molecular formula is C24H21ClN2O2S. The van der Waals surface area contributed by atoms with E-state index >= 15 is 0 Å². The van der Waals surface area contributed by atoms with Gasteiger partial charge >= 0.3 is 0 Å². The number of aromatic nitrogens is 1. The molecule has 0 spiro atoms. The number of amides is 1. The Hall–Kier alpha value is -2.89. The average Bonchev–Trinajstić information content (AvgIpc) is 3.23. The van der Waals surface area contributed by atoms with Gasteiger partial charge in [0.05, 0.1) is 34.8 Å². The van der Waals surface area contributed by atoms with Crippen LogP contribution in [-0.4, -0.2) is 17.5 Å². The summed E-state index contributed by atoms with van der Waals surface area (Å²) in [6.07, 6.45) is 0.254. The fraction of sp³-hybridized carbons (Fsp3) is 0.167. The molecule has 0 N–H and O–H groups in total. The molecule has 4 nitrogen and oxygen atoms in total. The summed E-state index contributed by atoms with van der Waals surface area (Å²) < 4.78 is 6.63. The Morgan fingerprint density at radius 2 is 1.73 bits per heavy atom. The highest BCUT2D eigenvalue weighted by Gasteiger charge is 2.21. The van der Waals surface area contributed by atoms with E-state index in [1.807, 2.05) is 79.7 Å². The van der Waals surface area contributed by atoms with Gasteiger partial charge in [-0.15, -0.1) is 0 Å². The van der Waals surface area contributed by atoms with E-state index in [1.54, 1.807) is 4.90 Å². The summed E-state index contributed by atoms with van der Waals surface area (Å²) in [5.41, 5.74) is 2.92. The van der Waals surface area contributed by atoms with Crippen LogP contribution in [0, 0.1) is 6.92 Å². The summed E-state index contributed by atoms with van der Waals surface area (Å²) in [6, 6.07) is 23.2. The van der Waals surface area contributed by atoms with Crippen molar-refractivity contribution in [3.05, 3.63) is 88.9 Å². The summed E-state index contributed by atoms with van der Waals surface area (Å²) >= 11 is 7.83. The zero-order chi connectivity index (χ0) is 20.9. The highest BCUT2D eigenvalue weighted by molar-refractivity contribution is 7.23. The number of hydrogen-bond donors (Lipinski definition) is 0. The molecule has 1 aromatic heterocycles. The molecule has 0 aliphatic heterocycles. The number of hydrogen-bond acceptors (Lipinski definition) is 4. The molecule has 6 heteroatoms. The number of fused-ring (bicyclic) bond motifs is 1. The van der Waals surface area contributed by atoms with Gasteiger partial charge in [-0.25, -0.2) is 4.98 Å². The fourth-order valence-electron chi connectivity index (χ4n) is 3.14. The number of thiazole rings is 1. The van der Waals surface area contributed by atoms with Crippen molar-refractivity contribution < 1.29 is 9.53 Å². The molecule has 0 radical (unpaired) electrons. The Morgan fingerprint density at radius 1 is 1.03 bits per heavy atom. The third-order valence-corrected chi connectivity index (χ3v) is 6.27. The molecule has 1 heterocycles. The number of ether oxygens (including phenoxy) is 1. The maximum Gasteiger partial charge on any atom is 0.232 e. The largest absolute Gasteiger partial charge is 0.493 e. The third-order valence-electron chi connectivity index (χ3n) is 4.73. The first-order valence-electron chi connectivity index (χ1n) is 9.69. The predicted molar refractivity (Wildman–Crippen MR) is 124 cm³/mol. The molecule has 3 aromatic carbocycles. The van der Waals surface area contributed by atoms with Gasteiger partial charge in [0.25, 0.3) is 0 Å². The van der Waals surface area contributed by atoms with Crippen LogP contribution >= 0.6 is 22.9 Å². The van der Waals surface area contributed by atoms with Gasteiger partial charge < -0.3 is 4.74 Å². The molecule has 0 aliphatic rings. The van der Waals surface area contributed by atoms with Crippen LogP contribution in [-0.2, 0) is 11.3 Å². The zero-order valence-corrected chi connectivity index (χ0v) is 18.1. The average molecular weight is 437 g/mol. The monoisotopic (exact) mass is 436 g/mol. The minimum atomic E-state index is -0.0392. The quantitative estimate of drug-likeness (QED) is 0.343. The van der Waals surface area contributed by atoms with E-state index in [1.165, 1.54) is 11.3 Å². The molecule has 0 unspecified atom stereocenters. The Kier molecular flexibility index (Phi) is 6.31. The Balaban J connectivity index is 1.58. The van der Waals surface area contributed by atoms with Gasteiger partial charge in [0, 0.05) is 0 Å². The molecule has 30 heavy (non-hydrogen) atoms. The Bertz CT molecular complexity index is 1110. The van der Waals surface area contributed by atoms with Crippen molar-refractivity contribution in [3.63, 3.8) is 0 Å². The van der Waals surface area contributed by atoms with Crippen LogP contribution in [0.25, 0.3) is 10.2 Å². The number of anilines is 1. The smallest absolute Gasteiger partial charge is 0.232 e.